The van der Waals surface area contributed by atoms with E-state index in [0.29, 0.717) is 23.8 Å². The minimum atomic E-state index is -0.260. The van der Waals surface area contributed by atoms with Crippen LogP contribution < -0.4 is 15.1 Å². The summed E-state index contributed by atoms with van der Waals surface area (Å²) in [5.41, 5.74) is 1.33. The Balaban J connectivity index is 1.68. The first-order chi connectivity index (χ1) is 12.7. The fraction of sp³-hybridized carbons (Fsp3) is 0.368. The summed E-state index contributed by atoms with van der Waals surface area (Å²) in [6, 6.07) is 8.84. The minimum Gasteiger partial charge on any atom is -0.366 e. The third kappa shape index (κ3) is 2.89. The molecule has 0 radical (unpaired) electrons. The van der Waals surface area contributed by atoms with Gasteiger partial charge in [0.25, 0.3) is 0 Å². The molecule has 2 amide bonds. The van der Waals surface area contributed by atoms with Gasteiger partial charge in [0.1, 0.15) is 11.5 Å². The van der Waals surface area contributed by atoms with Gasteiger partial charge in [-0.2, -0.15) is 0 Å². The lowest BCUT2D eigenvalue weighted by Gasteiger charge is -2.35. The molecule has 1 atom stereocenters. The number of pyridine rings is 2. The summed E-state index contributed by atoms with van der Waals surface area (Å²) in [7, 11) is 0. The molecule has 4 rings (SSSR count). The van der Waals surface area contributed by atoms with E-state index < -0.39 is 0 Å². The molecule has 2 aromatic rings. The van der Waals surface area contributed by atoms with Crippen LogP contribution in [0.1, 0.15) is 36.7 Å². The lowest BCUT2D eigenvalue weighted by molar-refractivity contribution is 0.0977. The number of hydrogen-bond donors (Lipinski definition) is 1. The fourth-order valence-electron chi connectivity index (χ4n) is 3.59. The van der Waals surface area contributed by atoms with Crippen LogP contribution in [0.5, 0.6) is 0 Å². The summed E-state index contributed by atoms with van der Waals surface area (Å²) in [6.45, 7) is 3.64. The molecule has 2 bridgehead atoms. The van der Waals surface area contributed by atoms with Crippen molar-refractivity contribution in [2.75, 3.05) is 28.2 Å². The fourth-order valence-corrected chi connectivity index (χ4v) is 3.59. The first kappa shape index (κ1) is 16.5. The van der Waals surface area contributed by atoms with Crippen LogP contribution in [0.2, 0.25) is 0 Å². The van der Waals surface area contributed by atoms with Crippen molar-refractivity contribution in [1.29, 1.82) is 0 Å². The van der Waals surface area contributed by atoms with Gasteiger partial charge in [-0.05, 0) is 37.1 Å². The largest absolute Gasteiger partial charge is 0.366 e. The van der Waals surface area contributed by atoms with Gasteiger partial charge < -0.3 is 4.90 Å². The summed E-state index contributed by atoms with van der Waals surface area (Å²) in [6.07, 6.45) is 3.75. The van der Waals surface area contributed by atoms with Gasteiger partial charge in [0.2, 0.25) is 0 Å². The number of amides is 2. The van der Waals surface area contributed by atoms with Gasteiger partial charge >= 0.3 is 6.03 Å². The van der Waals surface area contributed by atoms with Gasteiger partial charge in [0, 0.05) is 25.7 Å². The second-order valence-electron chi connectivity index (χ2n) is 6.62. The molecule has 2 aromatic heterocycles. The lowest BCUT2D eigenvalue weighted by atomic mass is 10.1. The first-order valence-corrected chi connectivity index (χ1v) is 8.98. The maximum absolute atomic E-state index is 13.0. The van der Waals surface area contributed by atoms with E-state index in [9.17, 15) is 9.59 Å². The lowest BCUT2D eigenvalue weighted by Crippen LogP contribution is -2.48. The molecule has 1 fully saturated rings. The van der Waals surface area contributed by atoms with Crippen molar-refractivity contribution in [2.24, 2.45) is 0 Å². The average Bonchev–Trinajstić information content (AvgIpc) is 3.07. The highest BCUT2D eigenvalue weighted by Crippen LogP contribution is 2.39. The molecule has 0 aliphatic carbocycles. The minimum absolute atomic E-state index is 0.00769. The number of rotatable bonds is 4. The zero-order valence-electron chi connectivity index (χ0n) is 14.7. The van der Waals surface area contributed by atoms with E-state index in [1.54, 1.807) is 29.3 Å². The summed E-state index contributed by atoms with van der Waals surface area (Å²) >= 11 is 0. The normalized spacial score (nSPS) is 17.8. The number of fused-ring (bicyclic) bond motifs is 4. The molecule has 7 heteroatoms. The van der Waals surface area contributed by atoms with E-state index in [1.165, 1.54) is 0 Å². The summed E-state index contributed by atoms with van der Waals surface area (Å²) < 4.78 is 0. The van der Waals surface area contributed by atoms with Crippen LogP contribution in [0.15, 0.2) is 36.5 Å². The number of carbonyl (C=O) groups is 2. The van der Waals surface area contributed by atoms with Crippen LogP contribution in [-0.4, -0.2) is 40.9 Å². The van der Waals surface area contributed by atoms with Gasteiger partial charge in [-0.15, -0.1) is 0 Å². The second-order valence-corrected chi connectivity index (χ2v) is 6.62. The molecule has 1 N–H and O–H groups in total. The van der Waals surface area contributed by atoms with Crippen LogP contribution in [0.3, 0.4) is 0 Å². The number of aromatic nitrogens is 2. The summed E-state index contributed by atoms with van der Waals surface area (Å²) in [4.78, 5) is 37.9. The molecule has 7 nitrogen and oxygen atoms in total. The van der Waals surface area contributed by atoms with Crippen molar-refractivity contribution in [3.63, 3.8) is 0 Å². The Bertz CT molecular complexity index is 839. The quantitative estimate of drug-likeness (QED) is 0.857. The highest BCUT2D eigenvalue weighted by atomic mass is 16.2. The van der Waals surface area contributed by atoms with Crippen molar-refractivity contribution < 1.29 is 9.59 Å². The van der Waals surface area contributed by atoms with Gasteiger partial charge in [-0.3, -0.25) is 15.0 Å². The Labute approximate surface area is 152 Å². The number of urea groups is 1. The Morgan fingerprint density at radius 1 is 1.27 bits per heavy atom. The van der Waals surface area contributed by atoms with Crippen LogP contribution in [0, 0.1) is 0 Å². The number of nitrogens with one attached hydrogen (secondary N) is 1. The highest BCUT2D eigenvalue weighted by Gasteiger charge is 2.40. The molecule has 2 aliphatic rings. The number of Topliss-reactive ketones (excluding diaryl/α,β-unsaturated/α-hetero) is 1. The standard InChI is InChI=1S/C19H21N5O2/c1-2-5-16(25)14-7-8-15-18(21-14)24(13-9-11-23(15)12-13)19(26)22-17-6-3-4-10-20-17/h3-4,6-8,10,13H,2,5,9,11-12H2,1H3,(H,20,22,26)/t13-/m0/s1. The predicted molar refractivity (Wildman–Crippen MR) is 99.8 cm³/mol. The van der Waals surface area contributed by atoms with E-state index >= 15 is 0 Å². The molecule has 4 heterocycles. The Kier molecular flexibility index (Phi) is 4.28. The summed E-state index contributed by atoms with van der Waals surface area (Å²) in [5.74, 6) is 1.07. The number of nitrogens with zero attached hydrogens (tertiary/aromatic N) is 4. The van der Waals surface area contributed by atoms with Crippen molar-refractivity contribution in [1.82, 2.24) is 9.97 Å². The van der Waals surface area contributed by atoms with Gasteiger partial charge in [-0.1, -0.05) is 13.0 Å². The predicted octanol–water partition coefficient (Wildman–Crippen LogP) is 3.09. The zero-order chi connectivity index (χ0) is 18.1. The molecule has 0 saturated carbocycles. The van der Waals surface area contributed by atoms with Gasteiger partial charge in [-0.25, -0.2) is 14.8 Å². The van der Waals surface area contributed by atoms with Crippen LogP contribution >= 0.6 is 0 Å². The van der Waals surface area contributed by atoms with Gasteiger partial charge in [0.15, 0.2) is 11.6 Å². The Morgan fingerprint density at radius 2 is 2.15 bits per heavy atom. The second kappa shape index (κ2) is 6.74. The number of ketones is 1. The van der Waals surface area contributed by atoms with E-state index in [4.69, 9.17) is 0 Å². The Morgan fingerprint density at radius 3 is 2.92 bits per heavy atom. The topological polar surface area (TPSA) is 78.4 Å². The first-order valence-electron chi connectivity index (χ1n) is 8.98. The van der Waals surface area contributed by atoms with E-state index in [1.807, 2.05) is 19.1 Å². The molecule has 0 spiro atoms. The third-order valence-electron chi connectivity index (χ3n) is 4.83. The molecule has 0 aromatic carbocycles. The molecule has 1 saturated heterocycles. The molecule has 134 valence electrons. The maximum Gasteiger partial charge on any atom is 0.329 e. The van der Waals surface area contributed by atoms with Crippen molar-refractivity contribution in [3.8, 4) is 0 Å². The van der Waals surface area contributed by atoms with Gasteiger partial charge in [0.05, 0.1) is 11.7 Å². The molecular formula is C19H21N5O2. The van der Waals surface area contributed by atoms with Crippen LogP contribution in [-0.2, 0) is 0 Å². The molecular weight excluding hydrogens is 330 g/mol. The van der Waals surface area contributed by atoms with Crippen molar-refractivity contribution in [2.45, 2.75) is 32.2 Å². The van der Waals surface area contributed by atoms with Crippen LogP contribution in [0.4, 0.5) is 22.1 Å². The zero-order valence-corrected chi connectivity index (χ0v) is 14.7. The number of hydrogen-bond acceptors (Lipinski definition) is 5. The van der Waals surface area contributed by atoms with Crippen LogP contribution in [0.25, 0.3) is 0 Å². The SMILES string of the molecule is CCCC(=O)c1ccc2c(n1)N(C(=O)Nc1ccccn1)[C@H]1CCN2C1. The van der Waals surface area contributed by atoms with Crippen molar-refractivity contribution in [3.05, 3.63) is 42.2 Å². The molecule has 2 aliphatic heterocycles. The Hall–Kier alpha value is -2.96. The monoisotopic (exact) mass is 351 g/mol. The summed E-state index contributed by atoms with van der Waals surface area (Å²) in [5, 5.41) is 2.84. The smallest absolute Gasteiger partial charge is 0.329 e. The van der Waals surface area contributed by atoms with E-state index in [-0.39, 0.29) is 17.9 Å². The van der Waals surface area contributed by atoms with E-state index in [0.717, 1.165) is 31.6 Å². The average molecular weight is 351 g/mol. The maximum atomic E-state index is 13.0. The number of carbonyl (C=O) groups excluding carboxylic acids is 2. The number of anilines is 3. The third-order valence-corrected chi connectivity index (χ3v) is 4.83. The molecule has 0 unspecified atom stereocenters. The van der Waals surface area contributed by atoms with Crippen molar-refractivity contribution >= 4 is 29.1 Å². The van der Waals surface area contributed by atoms with E-state index in [2.05, 4.69) is 20.2 Å². The highest BCUT2D eigenvalue weighted by molar-refractivity contribution is 6.05. The molecule has 26 heavy (non-hydrogen) atoms.